The van der Waals surface area contributed by atoms with Crippen molar-refractivity contribution in [3.05, 3.63) is 47.8 Å². The molecule has 1 aromatic rings. The number of hydrogen-bond acceptors (Lipinski definition) is 1. The van der Waals surface area contributed by atoms with Gasteiger partial charge in [-0.2, -0.15) is 0 Å². The van der Waals surface area contributed by atoms with Crippen LogP contribution in [0.4, 0.5) is 4.39 Å². The topological polar surface area (TPSA) is 37.3 Å². The molecule has 0 heterocycles. The highest BCUT2D eigenvalue weighted by Gasteiger charge is 2.23. The van der Waals surface area contributed by atoms with Crippen LogP contribution in [0.25, 0.3) is 0 Å². The van der Waals surface area contributed by atoms with Crippen molar-refractivity contribution < 1.29 is 14.3 Å². The monoisotopic (exact) mass is 276 g/mol. The molecule has 0 bridgehead atoms. The van der Waals surface area contributed by atoms with Crippen LogP contribution < -0.4 is 0 Å². The zero-order chi connectivity index (χ0) is 14.5. The van der Waals surface area contributed by atoms with E-state index in [0.29, 0.717) is 5.92 Å². The van der Waals surface area contributed by atoms with Gasteiger partial charge in [-0.1, -0.05) is 12.1 Å². The second-order valence-electron chi connectivity index (χ2n) is 5.63. The largest absolute Gasteiger partial charge is 0.478 e. The second-order valence-corrected chi connectivity index (χ2v) is 5.63. The Morgan fingerprint density at radius 2 is 2.05 bits per heavy atom. The number of rotatable bonds is 5. The van der Waals surface area contributed by atoms with Crippen molar-refractivity contribution in [1.29, 1.82) is 0 Å². The van der Waals surface area contributed by atoms with Gasteiger partial charge in [0.15, 0.2) is 0 Å². The minimum absolute atomic E-state index is 0.242. The standard InChI is InChI=1S/C17H21FO2/c1-2-3-4-12-5-7-13(8-6-12)14-9-10-15(17(19)20)16(18)11-14/h2,9-13H,1,3-8H2,(H,19,20). The first-order valence-corrected chi connectivity index (χ1v) is 7.25. The van der Waals surface area contributed by atoms with E-state index >= 15 is 0 Å². The summed E-state index contributed by atoms with van der Waals surface area (Å²) in [5.41, 5.74) is 0.697. The predicted octanol–water partition coefficient (Wildman–Crippen LogP) is 4.76. The summed E-state index contributed by atoms with van der Waals surface area (Å²) in [6.07, 6.45) is 8.69. The van der Waals surface area contributed by atoms with Gasteiger partial charge in [0.05, 0.1) is 5.56 Å². The van der Waals surface area contributed by atoms with E-state index in [-0.39, 0.29) is 5.56 Å². The molecule has 1 saturated carbocycles. The highest BCUT2D eigenvalue weighted by Crippen LogP contribution is 2.37. The van der Waals surface area contributed by atoms with Gasteiger partial charge < -0.3 is 5.11 Å². The molecule has 0 unspecified atom stereocenters. The first-order valence-electron chi connectivity index (χ1n) is 7.25. The molecule has 1 fully saturated rings. The summed E-state index contributed by atoms with van der Waals surface area (Å²) in [4.78, 5) is 10.8. The van der Waals surface area contributed by atoms with Crippen LogP contribution in [0.2, 0.25) is 0 Å². The molecule has 108 valence electrons. The molecule has 1 aliphatic carbocycles. The lowest BCUT2D eigenvalue weighted by Crippen LogP contribution is -2.14. The van der Waals surface area contributed by atoms with Gasteiger partial charge in [0.2, 0.25) is 0 Å². The van der Waals surface area contributed by atoms with E-state index in [1.165, 1.54) is 31.4 Å². The quantitative estimate of drug-likeness (QED) is 0.787. The fraction of sp³-hybridized carbons (Fsp3) is 0.471. The van der Waals surface area contributed by atoms with Crippen LogP contribution in [-0.4, -0.2) is 11.1 Å². The average molecular weight is 276 g/mol. The summed E-state index contributed by atoms with van der Waals surface area (Å²) >= 11 is 0. The number of halogens is 1. The molecular weight excluding hydrogens is 255 g/mol. The Morgan fingerprint density at radius 3 is 2.60 bits per heavy atom. The van der Waals surface area contributed by atoms with Gasteiger partial charge in [0.25, 0.3) is 0 Å². The highest BCUT2D eigenvalue weighted by molar-refractivity contribution is 5.87. The Morgan fingerprint density at radius 1 is 1.35 bits per heavy atom. The van der Waals surface area contributed by atoms with Crippen molar-refractivity contribution in [1.82, 2.24) is 0 Å². The van der Waals surface area contributed by atoms with E-state index in [0.717, 1.165) is 30.7 Å². The maximum Gasteiger partial charge on any atom is 0.338 e. The molecular formula is C17H21FO2. The first-order chi connectivity index (χ1) is 9.61. The van der Waals surface area contributed by atoms with E-state index in [1.807, 2.05) is 6.08 Å². The fourth-order valence-electron chi connectivity index (χ4n) is 3.10. The van der Waals surface area contributed by atoms with Crippen molar-refractivity contribution in [2.24, 2.45) is 5.92 Å². The van der Waals surface area contributed by atoms with Crippen LogP contribution in [-0.2, 0) is 0 Å². The third-order valence-electron chi connectivity index (χ3n) is 4.32. The van der Waals surface area contributed by atoms with E-state index in [1.54, 1.807) is 6.07 Å². The SMILES string of the molecule is C=CCCC1CCC(c2ccc(C(=O)O)c(F)c2)CC1. The van der Waals surface area contributed by atoms with Crippen LogP contribution in [0.3, 0.4) is 0 Å². The molecule has 1 aliphatic rings. The van der Waals surface area contributed by atoms with E-state index in [2.05, 4.69) is 6.58 Å². The summed E-state index contributed by atoms with van der Waals surface area (Å²) in [7, 11) is 0. The molecule has 1 N–H and O–H groups in total. The van der Waals surface area contributed by atoms with Crippen LogP contribution in [0.1, 0.15) is 60.4 Å². The normalized spacial score (nSPS) is 22.4. The summed E-state index contributed by atoms with van der Waals surface area (Å²) in [5, 5.41) is 8.84. The molecule has 0 amide bonds. The zero-order valence-corrected chi connectivity index (χ0v) is 11.6. The van der Waals surface area contributed by atoms with Gasteiger partial charge in [0.1, 0.15) is 5.82 Å². The Labute approximate surface area is 119 Å². The van der Waals surface area contributed by atoms with Crippen molar-refractivity contribution >= 4 is 5.97 Å². The minimum atomic E-state index is -1.21. The Hall–Kier alpha value is -1.64. The maximum absolute atomic E-state index is 13.7. The molecule has 0 spiro atoms. The van der Waals surface area contributed by atoms with Gasteiger partial charge in [-0.25, -0.2) is 9.18 Å². The zero-order valence-electron chi connectivity index (χ0n) is 11.6. The van der Waals surface area contributed by atoms with Gasteiger partial charge >= 0.3 is 5.97 Å². The van der Waals surface area contributed by atoms with Crippen molar-refractivity contribution in [3.63, 3.8) is 0 Å². The number of carbonyl (C=O) groups is 1. The molecule has 3 heteroatoms. The lowest BCUT2D eigenvalue weighted by atomic mass is 9.77. The van der Waals surface area contributed by atoms with Crippen LogP contribution in [0.15, 0.2) is 30.9 Å². The molecule has 0 saturated heterocycles. The molecule has 2 nitrogen and oxygen atoms in total. The summed E-state index contributed by atoms with van der Waals surface area (Å²) in [5.74, 6) is -0.703. The Balaban J connectivity index is 1.98. The second kappa shape index (κ2) is 6.69. The van der Waals surface area contributed by atoms with Gasteiger partial charge in [-0.05, 0) is 68.1 Å². The van der Waals surface area contributed by atoms with E-state index in [4.69, 9.17) is 5.11 Å². The minimum Gasteiger partial charge on any atom is -0.478 e. The van der Waals surface area contributed by atoms with Gasteiger partial charge in [-0.3, -0.25) is 0 Å². The molecule has 0 atom stereocenters. The van der Waals surface area contributed by atoms with E-state index < -0.39 is 11.8 Å². The third-order valence-corrected chi connectivity index (χ3v) is 4.32. The van der Waals surface area contributed by atoms with Crippen LogP contribution in [0.5, 0.6) is 0 Å². The number of aromatic carboxylic acids is 1. The molecule has 1 aromatic carbocycles. The lowest BCUT2D eigenvalue weighted by molar-refractivity contribution is 0.0692. The van der Waals surface area contributed by atoms with Crippen molar-refractivity contribution in [2.45, 2.75) is 44.4 Å². The number of carboxylic acids is 1. The molecule has 20 heavy (non-hydrogen) atoms. The Bertz CT molecular complexity index is 488. The highest BCUT2D eigenvalue weighted by atomic mass is 19.1. The fourth-order valence-corrected chi connectivity index (χ4v) is 3.10. The smallest absolute Gasteiger partial charge is 0.338 e. The molecule has 0 aliphatic heterocycles. The van der Waals surface area contributed by atoms with Gasteiger partial charge in [0, 0.05) is 0 Å². The lowest BCUT2D eigenvalue weighted by Gasteiger charge is -2.28. The van der Waals surface area contributed by atoms with Gasteiger partial charge in [-0.15, -0.1) is 6.58 Å². The summed E-state index contributed by atoms with van der Waals surface area (Å²) in [6.45, 7) is 3.75. The predicted molar refractivity (Wildman–Crippen MR) is 77.5 cm³/mol. The van der Waals surface area contributed by atoms with Crippen molar-refractivity contribution in [2.75, 3.05) is 0 Å². The number of benzene rings is 1. The van der Waals surface area contributed by atoms with E-state index in [9.17, 15) is 9.18 Å². The summed E-state index contributed by atoms with van der Waals surface area (Å²) < 4.78 is 13.7. The Kier molecular flexibility index (Phi) is 4.94. The first kappa shape index (κ1) is 14.8. The number of allylic oxidation sites excluding steroid dienone is 1. The summed E-state index contributed by atoms with van der Waals surface area (Å²) in [6, 6.07) is 4.55. The molecule has 0 aromatic heterocycles. The van der Waals surface area contributed by atoms with Crippen molar-refractivity contribution in [3.8, 4) is 0 Å². The number of hydrogen-bond donors (Lipinski definition) is 1. The van der Waals surface area contributed by atoms with Crippen LogP contribution in [0, 0.1) is 11.7 Å². The molecule has 0 radical (unpaired) electrons. The molecule has 2 rings (SSSR count). The third kappa shape index (κ3) is 3.47. The average Bonchev–Trinajstić information content (AvgIpc) is 2.45. The van der Waals surface area contributed by atoms with Crippen LogP contribution >= 0.6 is 0 Å². The number of carboxylic acid groups (broad SMARTS) is 1. The maximum atomic E-state index is 13.7.